The largest absolute Gasteiger partial charge is 0.468 e. The molecule has 2 N–H and O–H groups in total. The average molecular weight is 513 g/mol. The molecule has 0 aliphatic carbocycles. The van der Waals surface area contributed by atoms with Crippen LogP contribution in [0.15, 0.2) is 36.4 Å². The number of ether oxygens (including phenoxy) is 1. The van der Waals surface area contributed by atoms with Gasteiger partial charge in [0, 0.05) is 35.3 Å². The summed E-state index contributed by atoms with van der Waals surface area (Å²) >= 11 is 0. The molecule has 1 amide bonds. The molecule has 10 heteroatoms. The molecule has 1 aliphatic heterocycles. The number of hydrogen-bond acceptors (Lipinski definition) is 7. The summed E-state index contributed by atoms with van der Waals surface area (Å²) in [7, 11) is 2.82. The quantitative estimate of drug-likeness (QED) is 0.373. The first kappa shape index (κ1) is 26.4. The summed E-state index contributed by atoms with van der Waals surface area (Å²) in [5, 5.41) is 13.9. The molecule has 1 aliphatic rings. The highest BCUT2D eigenvalue weighted by Gasteiger charge is 2.53. The van der Waals surface area contributed by atoms with Gasteiger partial charge in [-0.05, 0) is 58.4 Å². The third kappa shape index (κ3) is 4.09. The van der Waals surface area contributed by atoms with Crippen LogP contribution in [0.4, 0.5) is 20.3 Å². The van der Waals surface area contributed by atoms with Gasteiger partial charge in [0.15, 0.2) is 5.41 Å². The second kappa shape index (κ2) is 8.72. The Morgan fingerprint density at radius 1 is 1.22 bits per heavy atom. The minimum atomic E-state index is -3.45. The summed E-state index contributed by atoms with van der Waals surface area (Å²) in [6, 6.07) is 8.87. The van der Waals surface area contributed by atoms with Gasteiger partial charge in [-0.1, -0.05) is 18.2 Å². The summed E-state index contributed by atoms with van der Waals surface area (Å²) in [5.41, 5.74) is -1.93. The van der Waals surface area contributed by atoms with E-state index in [1.54, 1.807) is 32.2 Å². The highest BCUT2D eigenvalue weighted by molar-refractivity contribution is 6.21. The van der Waals surface area contributed by atoms with Gasteiger partial charge in [0.1, 0.15) is 17.2 Å². The maximum atomic E-state index is 14.8. The Kier molecular flexibility index (Phi) is 6.23. The number of aromatic nitrogens is 2. The molecule has 2 heterocycles. The number of rotatable bonds is 6. The van der Waals surface area contributed by atoms with Crippen LogP contribution >= 0.6 is 0 Å². The van der Waals surface area contributed by atoms with E-state index in [0.717, 1.165) is 13.8 Å². The van der Waals surface area contributed by atoms with Crippen LogP contribution in [0.25, 0.3) is 10.9 Å². The van der Waals surface area contributed by atoms with Crippen molar-refractivity contribution in [3.8, 4) is 0 Å². The maximum absolute atomic E-state index is 14.8. The van der Waals surface area contributed by atoms with Gasteiger partial charge in [0.25, 0.3) is 0 Å². The minimum absolute atomic E-state index is 0.296. The second-order valence-corrected chi connectivity index (χ2v) is 10.1. The van der Waals surface area contributed by atoms with Crippen molar-refractivity contribution >= 4 is 34.3 Å². The Morgan fingerprint density at radius 3 is 2.51 bits per heavy atom. The van der Waals surface area contributed by atoms with Gasteiger partial charge in [-0.25, -0.2) is 9.97 Å². The van der Waals surface area contributed by atoms with Crippen LogP contribution < -0.4 is 10.2 Å². The summed E-state index contributed by atoms with van der Waals surface area (Å²) in [4.78, 5) is 36.1. The number of methoxy groups -OCH3 is 1. The van der Waals surface area contributed by atoms with Crippen LogP contribution in [0.3, 0.4) is 0 Å². The summed E-state index contributed by atoms with van der Waals surface area (Å²) in [6.07, 6.45) is 0. The van der Waals surface area contributed by atoms with Gasteiger partial charge in [-0.2, -0.15) is 8.78 Å². The van der Waals surface area contributed by atoms with E-state index in [-0.39, 0.29) is 5.56 Å². The zero-order valence-corrected chi connectivity index (χ0v) is 21.8. The van der Waals surface area contributed by atoms with Gasteiger partial charge in [0.05, 0.1) is 12.6 Å². The van der Waals surface area contributed by atoms with Crippen molar-refractivity contribution in [1.82, 2.24) is 9.97 Å². The van der Waals surface area contributed by atoms with Crippen LogP contribution in [-0.4, -0.2) is 46.7 Å². The van der Waals surface area contributed by atoms with Gasteiger partial charge in [-0.15, -0.1) is 0 Å². The number of benzene rings is 2. The summed E-state index contributed by atoms with van der Waals surface area (Å²) in [6.45, 7) is 7.19. The molecule has 0 radical (unpaired) electrons. The number of anilines is 2. The Labute approximate surface area is 213 Å². The van der Waals surface area contributed by atoms with E-state index >= 15 is 0 Å². The fourth-order valence-electron chi connectivity index (χ4n) is 4.67. The summed E-state index contributed by atoms with van der Waals surface area (Å²) in [5.74, 6) is -3.64. The van der Waals surface area contributed by atoms with Crippen LogP contribution in [0, 0.1) is 6.92 Å². The number of hydrogen-bond donors (Lipinski definition) is 2. The van der Waals surface area contributed by atoms with Crippen molar-refractivity contribution < 1.29 is 28.2 Å². The number of esters is 1. The topological polar surface area (TPSA) is 105 Å². The highest BCUT2D eigenvalue weighted by Crippen LogP contribution is 2.45. The smallest absolute Gasteiger partial charge is 0.325 e. The monoisotopic (exact) mass is 512 g/mol. The van der Waals surface area contributed by atoms with Gasteiger partial charge < -0.3 is 20.1 Å². The summed E-state index contributed by atoms with van der Waals surface area (Å²) < 4.78 is 34.5. The van der Waals surface area contributed by atoms with E-state index in [1.165, 1.54) is 37.1 Å². The molecule has 0 spiro atoms. The first-order chi connectivity index (χ1) is 17.1. The number of nitrogens with one attached hydrogen (secondary N) is 1. The molecular formula is C27H30F2N4O4. The molecule has 0 bridgehead atoms. The number of likely N-dealkylation sites (N-methyl/N-ethyl adjacent to an activating group) is 1. The van der Waals surface area contributed by atoms with E-state index in [1.807, 2.05) is 6.92 Å². The predicted octanol–water partition coefficient (Wildman–Crippen LogP) is 4.38. The lowest BCUT2D eigenvalue weighted by Gasteiger charge is -2.30. The third-order valence-electron chi connectivity index (χ3n) is 7.02. The molecule has 0 saturated carbocycles. The fourth-order valence-corrected chi connectivity index (χ4v) is 4.67. The van der Waals surface area contributed by atoms with E-state index < -0.39 is 34.9 Å². The minimum Gasteiger partial charge on any atom is -0.468 e. The first-order valence-corrected chi connectivity index (χ1v) is 11.8. The lowest BCUT2D eigenvalue weighted by atomic mass is 9.83. The van der Waals surface area contributed by atoms with Crippen molar-refractivity contribution in [2.75, 3.05) is 24.4 Å². The van der Waals surface area contributed by atoms with Crippen LogP contribution in [0.2, 0.25) is 0 Å². The van der Waals surface area contributed by atoms with Crippen molar-refractivity contribution in [3.05, 3.63) is 58.9 Å². The average Bonchev–Trinajstić information content (AvgIpc) is 3.03. The van der Waals surface area contributed by atoms with Crippen molar-refractivity contribution in [2.45, 2.75) is 57.6 Å². The molecular weight excluding hydrogens is 482 g/mol. The second-order valence-electron chi connectivity index (χ2n) is 10.1. The number of aryl methyl sites for hydroxylation is 1. The van der Waals surface area contributed by atoms with E-state index in [4.69, 9.17) is 4.74 Å². The third-order valence-corrected chi connectivity index (χ3v) is 7.02. The Bertz CT molecular complexity index is 1420. The lowest BCUT2D eigenvalue weighted by molar-refractivity contribution is -0.168. The molecule has 0 saturated heterocycles. The Morgan fingerprint density at radius 2 is 1.89 bits per heavy atom. The van der Waals surface area contributed by atoms with Crippen molar-refractivity contribution in [3.63, 3.8) is 0 Å². The molecule has 3 aromatic rings. The first-order valence-electron chi connectivity index (χ1n) is 11.8. The predicted molar refractivity (Wildman–Crippen MR) is 136 cm³/mol. The zero-order chi connectivity index (χ0) is 27.5. The maximum Gasteiger partial charge on any atom is 0.325 e. The molecule has 2 atom stereocenters. The molecule has 0 fully saturated rings. The number of fused-ring (bicyclic) bond motifs is 2. The van der Waals surface area contributed by atoms with Gasteiger partial charge in [0.2, 0.25) is 5.91 Å². The Balaban J connectivity index is 1.78. The molecule has 1 unspecified atom stereocenters. The van der Waals surface area contributed by atoms with E-state index in [9.17, 15) is 23.5 Å². The number of nitrogens with zero attached hydrogens (tertiary/aromatic N) is 3. The van der Waals surface area contributed by atoms with E-state index in [0.29, 0.717) is 39.4 Å². The van der Waals surface area contributed by atoms with Crippen LogP contribution in [0.1, 0.15) is 56.3 Å². The van der Waals surface area contributed by atoms with Crippen LogP contribution in [-0.2, 0) is 25.7 Å². The molecule has 37 heavy (non-hydrogen) atoms. The zero-order valence-electron chi connectivity index (χ0n) is 21.8. The Hall–Kier alpha value is -3.66. The number of carbonyl (C=O) groups excluding carboxylic acids is 2. The van der Waals surface area contributed by atoms with Gasteiger partial charge in [-0.3, -0.25) is 9.59 Å². The number of halogens is 2. The molecule has 1 aromatic heterocycles. The fraction of sp³-hybridized carbons (Fsp3) is 0.407. The van der Waals surface area contributed by atoms with Crippen molar-refractivity contribution in [1.29, 1.82) is 0 Å². The molecule has 2 aromatic carbocycles. The number of aliphatic hydroxyl groups is 1. The number of amides is 1. The molecule has 196 valence electrons. The SMILES string of the molecule is COC(=O)C1(C)C(=O)N(C)c2cc3c(N[C@H](C)c4cccc(C(F)(F)C(C)(C)O)c4)nc(C)nc3cc21. The normalized spacial score (nSPS) is 18.6. The molecule has 8 nitrogen and oxygen atoms in total. The number of alkyl halides is 2. The van der Waals surface area contributed by atoms with Crippen LogP contribution in [0.5, 0.6) is 0 Å². The lowest BCUT2D eigenvalue weighted by Crippen LogP contribution is -2.43. The van der Waals surface area contributed by atoms with Crippen molar-refractivity contribution in [2.24, 2.45) is 0 Å². The van der Waals surface area contributed by atoms with Gasteiger partial charge >= 0.3 is 11.9 Å². The number of carbonyl (C=O) groups is 2. The standard InChI is InChI=1S/C27H30F2N4O4/c1-14(16-9-8-10-17(11-16)27(28,29)25(3,4)36)30-22-18-12-21-19(13-20(18)31-15(2)32-22)26(5,24(35)37-7)23(34)33(21)6/h8-14,36H,1-7H3,(H,30,31,32)/t14-,26?/m1/s1. The molecule has 4 rings (SSSR count). The highest BCUT2D eigenvalue weighted by atomic mass is 19.3. The van der Waals surface area contributed by atoms with E-state index in [2.05, 4.69) is 15.3 Å².